The van der Waals surface area contributed by atoms with Gasteiger partial charge in [-0.2, -0.15) is 0 Å². The highest BCUT2D eigenvalue weighted by atomic mass is 35.5. The fourth-order valence-corrected chi connectivity index (χ4v) is 3.11. The number of aromatic nitrogens is 1. The molecule has 0 unspecified atom stereocenters. The molecule has 0 aliphatic carbocycles. The second kappa shape index (κ2) is 6.46. The maximum absolute atomic E-state index is 10.8. The lowest BCUT2D eigenvalue weighted by Crippen LogP contribution is -2.43. The lowest BCUT2D eigenvalue weighted by atomic mass is 9.90. The van der Waals surface area contributed by atoms with Crippen LogP contribution >= 0.6 is 11.6 Å². The molecular formula is C17H18ClN3O. The molecule has 22 heavy (non-hydrogen) atoms. The van der Waals surface area contributed by atoms with Crippen molar-refractivity contribution in [3.8, 4) is 0 Å². The third-order valence-corrected chi connectivity index (χ3v) is 4.30. The van der Waals surface area contributed by atoms with Crippen LogP contribution in [0.4, 0.5) is 5.82 Å². The van der Waals surface area contributed by atoms with E-state index in [1.54, 1.807) is 12.3 Å². The zero-order valence-corrected chi connectivity index (χ0v) is 12.9. The Hall–Kier alpha value is -1.91. The first-order valence-corrected chi connectivity index (χ1v) is 7.72. The summed E-state index contributed by atoms with van der Waals surface area (Å²) >= 11 is 6.25. The fraction of sp³-hybridized carbons (Fsp3) is 0.294. The molecule has 1 aromatic heterocycles. The van der Waals surface area contributed by atoms with Gasteiger partial charge in [0.1, 0.15) is 5.82 Å². The first kappa shape index (κ1) is 15.0. The van der Waals surface area contributed by atoms with Crippen LogP contribution in [0.3, 0.4) is 0 Å². The predicted molar refractivity (Wildman–Crippen MR) is 88.6 cm³/mol. The zero-order chi connectivity index (χ0) is 15.4. The van der Waals surface area contributed by atoms with Crippen molar-refractivity contribution >= 4 is 23.7 Å². The van der Waals surface area contributed by atoms with Crippen LogP contribution in [-0.4, -0.2) is 29.9 Å². The largest absolute Gasteiger partial charge is 0.362 e. The third kappa shape index (κ3) is 3.29. The number of pyridine rings is 1. The van der Waals surface area contributed by atoms with E-state index in [2.05, 4.69) is 39.9 Å². The highest BCUT2D eigenvalue weighted by Crippen LogP contribution is 2.29. The van der Waals surface area contributed by atoms with E-state index in [1.165, 1.54) is 5.56 Å². The molecule has 1 aliphatic heterocycles. The Balaban J connectivity index is 1.84. The van der Waals surface area contributed by atoms with Crippen LogP contribution in [0.15, 0.2) is 42.6 Å². The van der Waals surface area contributed by atoms with Crippen molar-refractivity contribution in [3.63, 3.8) is 0 Å². The van der Waals surface area contributed by atoms with E-state index in [4.69, 9.17) is 11.6 Å². The highest BCUT2D eigenvalue weighted by molar-refractivity contribution is 6.33. The summed E-state index contributed by atoms with van der Waals surface area (Å²) < 4.78 is 0. The van der Waals surface area contributed by atoms with E-state index >= 15 is 0 Å². The van der Waals surface area contributed by atoms with Gasteiger partial charge in [-0.3, -0.25) is 4.79 Å². The Morgan fingerprint density at radius 1 is 1.36 bits per heavy atom. The molecule has 114 valence electrons. The van der Waals surface area contributed by atoms with Gasteiger partial charge >= 0.3 is 0 Å². The van der Waals surface area contributed by atoms with Crippen molar-refractivity contribution in [2.45, 2.75) is 18.4 Å². The summed E-state index contributed by atoms with van der Waals surface area (Å²) in [6.45, 7) is 1.82. The van der Waals surface area contributed by atoms with Gasteiger partial charge in [0.2, 0.25) is 0 Å². The van der Waals surface area contributed by atoms with Crippen LogP contribution in [0.25, 0.3) is 0 Å². The average molecular weight is 316 g/mol. The number of nitrogens with one attached hydrogen (secondary N) is 2. The first-order valence-electron chi connectivity index (χ1n) is 7.34. The Kier molecular flexibility index (Phi) is 4.41. The van der Waals surface area contributed by atoms with Gasteiger partial charge in [-0.25, -0.2) is 4.98 Å². The summed E-state index contributed by atoms with van der Waals surface area (Å²) in [5.41, 5.74) is 1.65. The molecule has 4 nitrogen and oxygen atoms in total. The summed E-state index contributed by atoms with van der Waals surface area (Å²) in [7, 11) is 0. The molecule has 5 heteroatoms. The van der Waals surface area contributed by atoms with Gasteiger partial charge < -0.3 is 10.6 Å². The third-order valence-electron chi connectivity index (χ3n) is 4.01. The molecular weight excluding hydrogens is 298 g/mol. The number of benzene rings is 1. The van der Waals surface area contributed by atoms with Gasteiger partial charge in [-0.1, -0.05) is 41.9 Å². The summed E-state index contributed by atoms with van der Waals surface area (Å²) in [6, 6.07) is 12.0. The number of nitrogens with zero attached hydrogens (tertiary/aromatic N) is 1. The van der Waals surface area contributed by atoms with Crippen molar-refractivity contribution in [2.24, 2.45) is 0 Å². The molecule has 2 N–H and O–H groups in total. The van der Waals surface area contributed by atoms with Crippen molar-refractivity contribution in [1.82, 2.24) is 10.3 Å². The second-order valence-corrected chi connectivity index (χ2v) is 6.12. The summed E-state index contributed by atoms with van der Waals surface area (Å²) in [5.74, 6) is 0.631. The summed E-state index contributed by atoms with van der Waals surface area (Å²) in [6.07, 6.45) is 4.18. The molecule has 2 aromatic rings. The quantitative estimate of drug-likeness (QED) is 0.833. The van der Waals surface area contributed by atoms with E-state index in [0.29, 0.717) is 16.4 Å². The van der Waals surface area contributed by atoms with E-state index < -0.39 is 0 Å². The fourth-order valence-electron chi connectivity index (χ4n) is 2.89. The molecule has 1 aromatic carbocycles. The minimum Gasteiger partial charge on any atom is -0.362 e. The number of aldehydes is 1. The predicted octanol–water partition coefficient (Wildman–Crippen LogP) is 2.93. The molecule has 0 radical (unpaired) electrons. The molecule has 0 spiro atoms. The SMILES string of the molecule is O=Cc1cnc(N[C@]2(Cc3ccccc3)CCNC2)c(Cl)c1. The Bertz CT molecular complexity index is 654. The number of hydrogen-bond acceptors (Lipinski definition) is 4. The smallest absolute Gasteiger partial charge is 0.151 e. The standard InChI is InChI=1S/C17H18ClN3O/c18-15-8-14(11-22)10-20-16(15)21-17(6-7-19-12-17)9-13-4-2-1-3-5-13/h1-5,8,10-11,19H,6-7,9,12H2,(H,20,21)/t17-/m0/s1. The number of carbonyl (C=O) groups is 1. The number of anilines is 1. The maximum atomic E-state index is 10.8. The van der Waals surface area contributed by atoms with Gasteiger partial charge in [0.25, 0.3) is 0 Å². The first-order chi connectivity index (χ1) is 10.7. The van der Waals surface area contributed by atoms with Crippen LogP contribution in [0.1, 0.15) is 22.3 Å². The molecule has 1 atom stereocenters. The topological polar surface area (TPSA) is 54.0 Å². The van der Waals surface area contributed by atoms with E-state index in [1.807, 2.05) is 6.07 Å². The summed E-state index contributed by atoms with van der Waals surface area (Å²) in [4.78, 5) is 15.1. The van der Waals surface area contributed by atoms with Crippen LogP contribution in [0, 0.1) is 0 Å². The van der Waals surface area contributed by atoms with Crippen molar-refractivity contribution in [1.29, 1.82) is 0 Å². The molecule has 2 heterocycles. The van der Waals surface area contributed by atoms with Gasteiger partial charge in [0.05, 0.1) is 10.6 Å². The molecule has 0 amide bonds. The number of hydrogen-bond donors (Lipinski definition) is 2. The monoisotopic (exact) mass is 315 g/mol. The maximum Gasteiger partial charge on any atom is 0.151 e. The van der Waals surface area contributed by atoms with Gasteiger partial charge in [-0.15, -0.1) is 0 Å². The minimum absolute atomic E-state index is 0.110. The van der Waals surface area contributed by atoms with Crippen LogP contribution in [0.2, 0.25) is 5.02 Å². The van der Waals surface area contributed by atoms with Crippen molar-refractivity contribution < 1.29 is 4.79 Å². The zero-order valence-electron chi connectivity index (χ0n) is 12.2. The Morgan fingerprint density at radius 3 is 2.82 bits per heavy atom. The second-order valence-electron chi connectivity index (χ2n) is 5.71. The van der Waals surface area contributed by atoms with Crippen LogP contribution in [-0.2, 0) is 6.42 Å². The average Bonchev–Trinajstić information content (AvgIpc) is 2.98. The van der Waals surface area contributed by atoms with E-state index in [0.717, 1.165) is 32.2 Å². The highest BCUT2D eigenvalue weighted by Gasteiger charge is 2.34. The molecule has 0 bridgehead atoms. The number of carbonyl (C=O) groups excluding carboxylic acids is 1. The van der Waals surface area contributed by atoms with Crippen LogP contribution in [0.5, 0.6) is 0 Å². The van der Waals surface area contributed by atoms with Crippen LogP contribution < -0.4 is 10.6 Å². The van der Waals surface area contributed by atoms with E-state index in [9.17, 15) is 4.79 Å². The van der Waals surface area contributed by atoms with Gasteiger partial charge in [0, 0.05) is 18.3 Å². The molecule has 1 saturated heterocycles. The lowest BCUT2D eigenvalue weighted by molar-refractivity contribution is 0.112. The van der Waals surface area contributed by atoms with E-state index in [-0.39, 0.29) is 5.54 Å². The minimum atomic E-state index is -0.110. The molecule has 0 saturated carbocycles. The van der Waals surface area contributed by atoms with Gasteiger partial charge in [-0.05, 0) is 31.0 Å². The van der Waals surface area contributed by atoms with Crippen molar-refractivity contribution in [2.75, 3.05) is 18.4 Å². The Morgan fingerprint density at radius 2 is 2.18 bits per heavy atom. The summed E-state index contributed by atoms with van der Waals surface area (Å²) in [5, 5.41) is 7.38. The normalized spacial score (nSPS) is 20.8. The number of halogens is 1. The van der Waals surface area contributed by atoms with Gasteiger partial charge in [0.15, 0.2) is 6.29 Å². The van der Waals surface area contributed by atoms with Crippen molar-refractivity contribution in [3.05, 3.63) is 58.7 Å². The molecule has 3 rings (SSSR count). The lowest BCUT2D eigenvalue weighted by Gasteiger charge is -2.31. The molecule has 1 aliphatic rings. The number of rotatable bonds is 5. The molecule has 1 fully saturated rings. The Labute approximate surface area is 134 Å².